The Morgan fingerprint density at radius 3 is 2.53 bits per heavy atom. The first-order chi connectivity index (χ1) is 7.82. The molecular formula is C12H20N4O. The maximum absolute atomic E-state index is 12.1. The number of aryl methyl sites for hydroxylation is 1. The highest BCUT2D eigenvalue weighted by Gasteiger charge is 2.36. The van der Waals surface area contributed by atoms with Gasteiger partial charge in [0.25, 0.3) is 0 Å². The molecule has 0 fully saturated rings. The molecule has 2 heterocycles. The van der Waals surface area contributed by atoms with Gasteiger partial charge in [0, 0.05) is 25.9 Å². The molecule has 94 valence electrons. The van der Waals surface area contributed by atoms with Gasteiger partial charge in [-0.05, 0) is 6.42 Å². The minimum absolute atomic E-state index is 0.0829. The molecule has 0 saturated heterocycles. The van der Waals surface area contributed by atoms with Gasteiger partial charge in [-0.15, -0.1) is 10.2 Å². The van der Waals surface area contributed by atoms with Crippen molar-refractivity contribution in [3.8, 4) is 0 Å². The normalized spacial score (nSPS) is 19.2. The quantitative estimate of drug-likeness (QED) is 0.735. The van der Waals surface area contributed by atoms with Gasteiger partial charge in [-0.3, -0.25) is 4.79 Å². The zero-order valence-corrected chi connectivity index (χ0v) is 11.2. The predicted octanol–water partition coefficient (Wildman–Crippen LogP) is 1.15. The topological polar surface area (TPSA) is 51.0 Å². The number of carbonyl (C=O) groups excluding carboxylic acids is 1. The molecule has 5 heteroatoms. The summed E-state index contributed by atoms with van der Waals surface area (Å²) in [5, 5.41) is 8.44. The Morgan fingerprint density at radius 1 is 1.35 bits per heavy atom. The van der Waals surface area contributed by atoms with E-state index in [0.717, 1.165) is 24.5 Å². The van der Waals surface area contributed by atoms with Crippen LogP contribution in [0.25, 0.3) is 0 Å². The van der Waals surface area contributed by atoms with Gasteiger partial charge < -0.3 is 9.47 Å². The fourth-order valence-corrected chi connectivity index (χ4v) is 2.26. The maximum Gasteiger partial charge on any atom is 0.245 e. The third-order valence-corrected chi connectivity index (χ3v) is 3.12. The van der Waals surface area contributed by atoms with Crippen molar-refractivity contribution in [2.45, 2.75) is 45.1 Å². The maximum atomic E-state index is 12.1. The average Bonchev–Trinajstić information content (AvgIpc) is 2.73. The lowest BCUT2D eigenvalue weighted by molar-refractivity contribution is -0.132. The zero-order chi connectivity index (χ0) is 12.8. The molecule has 0 N–H and O–H groups in total. The highest BCUT2D eigenvalue weighted by atomic mass is 16.2. The minimum atomic E-state index is -0.121. The first-order valence-electron chi connectivity index (χ1n) is 5.98. The molecule has 1 amide bonds. The van der Waals surface area contributed by atoms with Crippen LogP contribution in [0, 0.1) is 0 Å². The van der Waals surface area contributed by atoms with Gasteiger partial charge in [0.1, 0.15) is 17.7 Å². The van der Waals surface area contributed by atoms with Crippen molar-refractivity contribution in [3.63, 3.8) is 0 Å². The molecule has 0 aromatic carbocycles. The largest absolute Gasteiger partial charge is 0.347 e. The van der Waals surface area contributed by atoms with Crippen molar-refractivity contribution in [3.05, 3.63) is 11.6 Å². The average molecular weight is 236 g/mol. The van der Waals surface area contributed by atoms with Crippen LogP contribution in [0.3, 0.4) is 0 Å². The molecule has 5 nitrogen and oxygen atoms in total. The van der Waals surface area contributed by atoms with Crippen LogP contribution in [-0.2, 0) is 16.6 Å². The van der Waals surface area contributed by atoms with Crippen LogP contribution in [0.1, 0.15) is 44.9 Å². The van der Waals surface area contributed by atoms with Gasteiger partial charge in [-0.25, -0.2) is 0 Å². The van der Waals surface area contributed by atoms with E-state index < -0.39 is 0 Å². The van der Waals surface area contributed by atoms with Gasteiger partial charge in [-0.2, -0.15) is 0 Å². The van der Waals surface area contributed by atoms with Crippen LogP contribution in [-0.4, -0.2) is 39.7 Å². The number of aromatic nitrogens is 3. The van der Waals surface area contributed by atoms with Gasteiger partial charge >= 0.3 is 0 Å². The Balaban J connectivity index is 2.43. The summed E-state index contributed by atoms with van der Waals surface area (Å²) in [6.07, 6.45) is 1.68. The van der Waals surface area contributed by atoms with Gasteiger partial charge in [-0.1, -0.05) is 20.8 Å². The van der Waals surface area contributed by atoms with E-state index in [-0.39, 0.29) is 17.4 Å². The molecule has 1 aromatic rings. The Bertz CT molecular complexity index is 442. The number of carbonyl (C=O) groups is 1. The summed E-state index contributed by atoms with van der Waals surface area (Å²) in [5.74, 6) is 1.98. The van der Waals surface area contributed by atoms with E-state index in [1.165, 1.54) is 0 Å². The van der Waals surface area contributed by atoms with Crippen molar-refractivity contribution in [2.75, 3.05) is 14.1 Å². The van der Waals surface area contributed by atoms with Crippen LogP contribution < -0.4 is 0 Å². The summed E-state index contributed by atoms with van der Waals surface area (Å²) in [7, 11) is 3.59. The highest BCUT2D eigenvalue weighted by Crippen LogP contribution is 2.32. The molecule has 2 rings (SSSR count). The predicted molar refractivity (Wildman–Crippen MR) is 64.8 cm³/mol. The second-order valence-corrected chi connectivity index (χ2v) is 5.85. The van der Waals surface area contributed by atoms with Crippen LogP contribution in [0.4, 0.5) is 0 Å². The van der Waals surface area contributed by atoms with E-state index in [2.05, 4.69) is 31.0 Å². The third-order valence-electron chi connectivity index (χ3n) is 3.12. The number of nitrogens with zero attached hydrogens (tertiary/aromatic N) is 4. The summed E-state index contributed by atoms with van der Waals surface area (Å²) >= 11 is 0. The molecule has 0 saturated carbocycles. The van der Waals surface area contributed by atoms with Crippen LogP contribution in [0.5, 0.6) is 0 Å². The lowest BCUT2D eigenvalue weighted by Crippen LogP contribution is -2.32. The Hall–Kier alpha value is -1.39. The molecular weight excluding hydrogens is 216 g/mol. The van der Waals surface area contributed by atoms with E-state index in [1.807, 2.05) is 4.57 Å². The standard InChI is InChI=1S/C12H20N4O/c1-12(2,3)11-14-13-9-7-6-8(16(9)11)10(17)15(4)5/h8H,6-7H2,1-5H3. The summed E-state index contributed by atoms with van der Waals surface area (Å²) in [4.78, 5) is 13.8. The zero-order valence-electron chi connectivity index (χ0n) is 11.2. The molecule has 1 unspecified atom stereocenters. The molecule has 1 aliphatic heterocycles. The molecule has 1 aromatic heterocycles. The summed E-state index contributed by atoms with van der Waals surface area (Å²) in [5.41, 5.74) is -0.0829. The van der Waals surface area contributed by atoms with Crippen LogP contribution >= 0.6 is 0 Å². The highest BCUT2D eigenvalue weighted by molar-refractivity contribution is 5.80. The van der Waals surface area contributed by atoms with Crippen molar-refractivity contribution < 1.29 is 4.79 Å². The van der Waals surface area contributed by atoms with Crippen molar-refractivity contribution in [1.29, 1.82) is 0 Å². The second kappa shape index (κ2) is 3.82. The Labute approximate surface area is 102 Å². The molecule has 1 atom stereocenters. The molecule has 0 aliphatic carbocycles. The molecule has 17 heavy (non-hydrogen) atoms. The minimum Gasteiger partial charge on any atom is -0.347 e. The number of amides is 1. The van der Waals surface area contributed by atoms with E-state index in [0.29, 0.717) is 0 Å². The SMILES string of the molecule is CN(C)C(=O)C1CCc2nnc(C(C)(C)C)n21. The fourth-order valence-electron chi connectivity index (χ4n) is 2.26. The number of fused-ring (bicyclic) bond motifs is 1. The van der Waals surface area contributed by atoms with Crippen LogP contribution in [0.2, 0.25) is 0 Å². The van der Waals surface area contributed by atoms with E-state index in [4.69, 9.17) is 0 Å². The van der Waals surface area contributed by atoms with Crippen molar-refractivity contribution in [1.82, 2.24) is 19.7 Å². The molecule has 0 spiro atoms. The lowest BCUT2D eigenvalue weighted by Gasteiger charge is -2.23. The van der Waals surface area contributed by atoms with Crippen molar-refractivity contribution >= 4 is 5.91 Å². The van der Waals surface area contributed by atoms with Gasteiger partial charge in [0.05, 0.1) is 0 Å². The smallest absolute Gasteiger partial charge is 0.245 e. The number of hydrogen-bond acceptors (Lipinski definition) is 3. The summed E-state index contributed by atoms with van der Waals surface area (Å²) in [6, 6.07) is -0.121. The van der Waals surface area contributed by atoms with Crippen molar-refractivity contribution in [2.24, 2.45) is 0 Å². The monoisotopic (exact) mass is 236 g/mol. The molecule has 0 bridgehead atoms. The molecule has 0 radical (unpaired) electrons. The lowest BCUT2D eigenvalue weighted by atomic mass is 9.95. The number of hydrogen-bond donors (Lipinski definition) is 0. The fraction of sp³-hybridized carbons (Fsp3) is 0.750. The van der Waals surface area contributed by atoms with Crippen LogP contribution in [0.15, 0.2) is 0 Å². The second-order valence-electron chi connectivity index (χ2n) is 5.85. The van der Waals surface area contributed by atoms with E-state index in [1.54, 1.807) is 19.0 Å². The summed E-state index contributed by atoms with van der Waals surface area (Å²) < 4.78 is 2.03. The summed E-state index contributed by atoms with van der Waals surface area (Å²) in [6.45, 7) is 6.29. The Morgan fingerprint density at radius 2 is 2.00 bits per heavy atom. The van der Waals surface area contributed by atoms with E-state index >= 15 is 0 Å². The first-order valence-corrected chi connectivity index (χ1v) is 5.98. The number of rotatable bonds is 1. The number of likely N-dealkylation sites (N-methyl/N-ethyl adjacent to an activating group) is 1. The van der Waals surface area contributed by atoms with Gasteiger partial charge in [0.15, 0.2) is 0 Å². The third kappa shape index (κ3) is 1.94. The Kier molecular flexibility index (Phi) is 2.72. The molecule has 1 aliphatic rings. The van der Waals surface area contributed by atoms with E-state index in [9.17, 15) is 4.79 Å². The first kappa shape index (κ1) is 12.1. The van der Waals surface area contributed by atoms with Gasteiger partial charge in [0.2, 0.25) is 5.91 Å².